The zero-order chi connectivity index (χ0) is 11.6. The molecule has 1 heterocycles. The van der Waals surface area contributed by atoms with Gasteiger partial charge in [-0.05, 0) is 6.92 Å². The van der Waals surface area contributed by atoms with Crippen LogP contribution in [0.25, 0.3) is 0 Å². The van der Waals surface area contributed by atoms with E-state index < -0.39 is 43.6 Å². The van der Waals surface area contributed by atoms with Crippen molar-refractivity contribution in [1.82, 2.24) is 0 Å². The molecule has 7 nitrogen and oxygen atoms in total. The first kappa shape index (κ1) is 12.8. The van der Waals surface area contributed by atoms with E-state index in [4.69, 9.17) is 24.8 Å². The third-order valence-electron chi connectivity index (χ3n) is 2.28. The van der Waals surface area contributed by atoms with Crippen molar-refractivity contribution in [3.63, 3.8) is 0 Å². The Balaban J connectivity index is 2.81. The summed E-state index contributed by atoms with van der Waals surface area (Å²) in [4.78, 5) is 0. The smallest absolute Gasteiger partial charge is 0.223 e. The monoisotopic (exact) mass is 224 g/mol. The van der Waals surface area contributed by atoms with Gasteiger partial charge in [-0.15, -0.1) is 0 Å². The van der Waals surface area contributed by atoms with Gasteiger partial charge in [0.15, 0.2) is 6.29 Å². The van der Waals surface area contributed by atoms with Gasteiger partial charge in [0, 0.05) is 0 Å². The Morgan fingerprint density at radius 1 is 1.40 bits per heavy atom. The van der Waals surface area contributed by atoms with Crippen molar-refractivity contribution >= 4 is 0 Å². The van der Waals surface area contributed by atoms with Gasteiger partial charge in [0.25, 0.3) is 0 Å². The maximum atomic E-state index is 9.58. The average Bonchev–Trinajstić information content (AvgIpc) is 2.42. The topological polar surface area (TPSA) is 120 Å². The molecule has 1 aliphatic heterocycles. The summed E-state index contributed by atoms with van der Waals surface area (Å²) in [5.74, 6) is -1.89. The molecule has 1 saturated heterocycles. The minimum absolute atomic E-state index is 0.525. The van der Waals surface area contributed by atoms with E-state index in [2.05, 4.69) is 0 Å². The first-order valence-electron chi connectivity index (χ1n) is 4.58. The number of rotatable bonds is 4. The maximum Gasteiger partial charge on any atom is 0.223 e. The molecule has 0 radical (unpaired) electrons. The van der Waals surface area contributed by atoms with Gasteiger partial charge in [0.1, 0.15) is 24.9 Å². The van der Waals surface area contributed by atoms with Crippen molar-refractivity contribution in [3.8, 4) is 0 Å². The minimum atomic E-state index is -1.89. The van der Waals surface area contributed by atoms with Crippen molar-refractivity contribution in [2.75, 3.05) is 13.2 Å². The Labute approximate surface area is 86.5 Å². The van der Waals surface area contributed by atoms with Crippen LogP contribution in [0.1, 0.15) is 6.92 Å². The summed E-state index contributed by atoms with van der Waals surface area (Å²) >= 11 is 0. The van der Waals surface area contributed by atoms with Gasteiger partial charge in [-0.1, -0.05) is 0 Å². The summed E-state index contributed by atoms with van der Waals surface area (Å²) in [6.45, 7) is 0.00190. The van der Waals surface area contributed by atoms with Crippen molar-refractivity contribution in [2.24, 2.45) is 0 Å². The van der Waals surface area contributed by atoms with E-state index >= 15 is 0 Å². The number of aliphatic hydroxyl groups excluding tert-OH is 5. The summed E-state index contributed by atoms with van der Waals surface area (Å²) in [5.41, 5.74) is 0. The zero-order valence-corrected chi connectivity index (χ0v) is 8.28. The van der Waals surface area contributed by atoms with Crippen LogP contribution in [0.2, 0.25) is 0 Å². The molecule has 7 heteroatoms. The van der Waals surface area contributed by atoms with Crippen molar-refractivity contribution in [2.45, 2.75) is 37.3 Å². The van der Waals surface area contributed by atoms with E-state index in [9.17, 15) is 10.2 Å². The lowest BCUT2D eigenvalue weighted by Crippen LogP contribution is -2.50. The average molecular weight is 224 g/mol. The fourth-order valence-electron chi connectivity index (χ4n) is 1.56. The molecule has 0 aromatic heterocycles. The predicted octanol–water partition coefficient (Wildman–Crippen LogP) is -2.86. The maximum absolute atomic E-state index is 9.58. The molecule has 1 aliphatic rings. The summed E-state index contributed by atoms with van der Waals surface area (Å²) in [5, 5.41) is 45.9. The Kier molecular flexibility index (Phi) is 4.01. The molecule has 0 aliphatic carbocycles. The zero-order valence-electron chi connectivity index (χ0n) is 8.28. The standard InChI is InChI=1S/C8H16O7/c1-4(11)14-8(3-10)7(13)6(12)5(2-9)15-8/h4-7,9-13H,2-3H2,1H3/t4?,5-,6-,7+,8-/m1/s1. The van der Waals surface area contributed by atoms with Gasteiger partial charge in [-0.2, -0.15) is 0 Å². The van der Waals surface area contributed by atoms with Crippen LogP contribution in [0.5, 0.6) is 0 Å². The predicted molar refractivity (Wildman–Crippen MR) is 46.6 cm³/mol. The van der Waals surface area contributed by atoms with Gasteiger partial charge < -0.3 is 35.0 Å². The first-order valence-corrected chi connectivity index (χ1v) is 4.58. The highest BCUT2D eigenvalue weighted by Crippen LogP contribution is 2.32. The molecule has 15 heavy (non-hydrogen) atoms. The highest BCUT2D eigenvalue weighted by atomic mass is 16.8. The van der Waals surface area contributed by atoms with Gasteiger partial charge in [0.05, 0.1) is 6.61 Å². The molecular weight excluding hydrogens is 208 g/mol. The SMILES string of the molecule is CC(O)O[C@]1(CO)O[C@H](CO)[C@@H](O)[C@@H]1O. The van der Waals surface area contributed by atoms with Crippen molar-refractivity contribution in [3.05, 3.63) is 0 Å². The third kappa shape index (κ3) is 2.28. The fourth-order valence-corrected chi connectivity index (χ4v) is 1.56. The second kappa shape index (κ2) is 4.71. The molecule has 0 spiro atoms. The number of hydrogen-bond donors (Lipinski definition) is 5. The lowest BCUT2D eigenvalue weighted by molar-refractivity contribution is -0.322. The van der Waals surface area contributed by atoms with E-state index in [0.29, 0.717) is 0 Å². The fraction of sp³-hybridized carbons (Fsp3) is 1.00. The number of hydrogen-bond acceptors (Lipinski definition) is 7. The lowest BCUT2D eigenvalue weighted by atomic mass is 10.1. The van der Waals surface area contributed by atoms with Crippen LogP contribution in [0.15, 0.2) is 0 Å². The Hall–Kier alpha value is -0.280. The van der Waals surface area contributed by atoms with Gasteiger partial charge >= 0.3 is 0 Å². The highest BCUT2D eigenvalue weighted by Gasteiger charge is 2.55. The molecule has 5 N–H and O–H groups in total. The molecular formula is C8H16O7. The van der Waals surface area contributed by atoms with Crippen LogP contribution in [0, 0.1) is 0 Å². The molecule has 90 valence electrons. The van der Waals surface area contributed by atoms with Gasteiger partial charge in [0.2, 0.25) is 5.79 Å². The van der Waals surface area contributed by atoms with Crippen LogP contribution in [0.3, 0.4) is 0 Å². The molecule has 1 unspecified atom stereocenters. The summed E-state index contributed by atoms with van der Waals surface area (Å²) < 4.78 is 9.83. The molecule has 0 saturated carbocycles. The van der Waals surface area contributed by atoms with Crippen molar-refractivity contribution in [1.29, 1.82) is 0 Å². The molecule has 0 amide bonds. The molecule has 0 aromatic rings. The number of aliphatic hydroxyl groups is 5. The molecule has 5 atom stereocenters. The van der Waals surface area contributed by atoms with Crippen LogP contribution in [-0.2, 0) is 9.47 Å². The molecule has 1 fully saturated rings. The first-order chi connectivity index (χ1) is 6.96. The van der Waals surface area contributed by atoms with Crippen molar-refractivity contribution < 1.29 is 35.0 Å². The summed E-state index contributed by atoms with van der Waals surface area (Å²) in [6, 6.07) is 0. The molecule has 0 bridgehead atoms. The minimum Gasteiger partial charge on any atom is -0.394 e. The van der Waals surface area contributed by atoms with Gasteiger partial charge in [-0.25, -0.2) is 0 Å². The van der Waals surface area contributed by atoms with E-state index in [1.54, 1.807) is 0 Å². The quantitative estimate of drug-likeness (QED) is 0.326. The summed E-state index contributed by atoms with van der Waals surface area (Å²) in [6.07, 6.45) is -5.24. The second-order valence-corrected chi connectivity index (χ2v) is 3.46. The Morgan fingerprint density at radius 3 is 2.33 bits per heavy atom. The largest absolute Gasteiger partial charge is 0.394 e. The summed E-state index contributed by atoms with van der Waals surface area (Å²) in [7, 11) is 0. The third-order valence-corrected chi connectivity index (χ3v) is 2.28. The van der Waals surface area contributed by atoms with E-state index in [1.165, 1.54) is 6.92 Å². The van der Waals surface area contributed by atoms with Crippen LogP contribution < -0.4 is 0 Å². The molecule has 1 rings (SSSR count). The van der Waals surface area contributed by atoms with Gasteiger partial charge in [-0.3, -0.25) is 0 Å². The number of ether oxygens (including phenoxy) is 2. The Morgan fingerprint density at radius 2 is 2.00 bits per heavy atom. The highest BCUT2D eigenvalue weighted by molar-refractivity contribution is 4.96. The second-order valence-electron chi connectivity index (χ2n) is 3.46. The normalized spacial score (nSPS) is 43.2. The van der Waals surface area contributed by atoms with Crippen LogP contribution in [0.4, 0.5) is 0 Å². The van der Waals surface area contributed by atoms with Crippen LogP contribution >= 0.6 is 0 Å². The van der Waals surface area contributed by atoms with E-state index in [0.717, 1.165) is 0 Å². The van der Waals surface area contributed by atoms with Crippen LogP contribution in [-0.4, -0.2) is 69.1 Å². The lowest BCUT2D eigenvalue weighted by Gasteiger charge is -2.31. The molecule has 0 aromatic carbocycles. The van der Waals surface area contributed by atoms with E-state index in [1.807, 2.05) is 0 Å². The van der Waals surface area contributed by atoms with E-state index in [-0.39, 0.29) is 0 Å². The Bertz CT molecular complexity index is 209.